The van der Waals surface area contributed by atoms with E-state index in [0.717, 1.165) is 57.9 Å². The third-order valence-corrected chi connectivity index (χ3v) is 4.34. The van der Waals surface area contributed by atoms with Crippen LogP contribution in [0.1, 0.15) is 12.0 Å². The van der Waals surface area contributed by atoms with Gasteiger partial charge in [-0.1, -0.05) is 6.07 Å². The summed E-state index contributed by atoms with van der Waals surface area (Å²) in [6.45, 7) is 8.38. The third kappa shape index (κ3) is 3.96. The minimum Gasteiger partial charge on any atom is -0.379 e. The number of hydrogen-bond acceptors (Lipinski definition) is 4. The molecule has 2 aliphatic heterocycles. The molecule has 120 valence electrons. The quantitative estimate of drug-likeness (QED) is 0.921. The van der Waals surface area contributed by atoms with E-state index in [2.05, 4.69) is 15.2 Å². The van der Waals surface area contributed by atoms with Crippen LogP contribution in [0.15, 0.2) is 18.3 Å². The molecular weight excluding hydrogens is 280 g/mol. The largest absolute Gasteiger partial charge is 0.379 e. The number of rotatable bonds is 3. The first-order valence-electron chi connectivity index (χ1n) is 7.99. The van der Waals surface area contributed by atoms with Crippen molar-refractivity contribution >= 4 is 11.8 Å². The summed E-state index contributed by atoms with van der Waals surface area (Å²) in [5, 5.41) is 2.88. The molecule has 0 bridgehead atoms. The Kier molecular flexibility index (Phi) is 4.90. The lowest BCUT2D eigenvalue weighted by molar-refractivity contribution is 0.0314. The molecule has 1 N–H and O–H groups in total. The molecule has 1 atom stereocenters. The van der Waals surface area contributed by atoms with E-state index in [9.17, 15) is 4.79 Å². The number of amides is 2. The zero-order chi connectivity index (χ0) is 15.4. The van der Waals surface area contributed by atoms with Crippen molar-refractivity contribution in [1.82, 2.24) is 14.8 Å². The van der Waals surface area contributed by atoms with E-state index >= 15 is 0 Å². The molecule has 2 aliphatic rings. The van der Waals surface area contributed by atoms with Crippen molar-refractivity contribution in [2.75, 3.05) is 51.3 Å². The van der Waals surface area contributed by atoms with Crippen molar-refractivity contribution in [1.29, 1.82) is 0 Å². The van der Waals surface area contributed by atoms with Gasteiger partial charge in [-0.15, -0.1) is 0 Å². The number of aryl methyl sites for hydroxylation is 1. The van der Waals surface area contributed by atoms with Crippen LogP contribution in [0, 0.1) is 12.8 Å². The highest BCUT2D eigenvalue weighted by atomic mass is 16.5. The average Bonchev–Trinajstić information content (AvgIpc) is 2.99. The van der Waals surface area contributed by atoms with Gasteiger partial charge in [-0.2, -0.15) is 0 Å². The van der Waals surface area contributed by atoms with Gasteiger partial charge in [0.2, 0.25) is 0 Å². The zero-order valence-corrected chi connectivity index (χ0v) is 13.1. The van der Waals surface area contributed by atoms with Crippen LogP contribution in [0.5, 0.6) is 0 Å². The van der Waals surface area contributed by atoms with Crippen LogP contribution in [0.4, 0.5) is 10.6 Å². The molecule has 2 saturated heterocycles. The highest BCUT2D eigenvalue weighted by molar-refractivity contribution is 5.88. The Labute approximate surface area is 131 Å². The third-order valence-electron chi connectivity index (χ3n) is 4.34. The van der Waals surface area contributed by atoms with Gasteiger partial charge in [-0.3, -0.25) is 10.2 Å². The van der Waals surface area contributed by atoms with Crippen molar-refractivity contribution in [2.24, 2.45) is 5.92 Å². The Morgan fingerprint density at radius 1 is 1.36 bits per heavy atom. The molecule has 2 fully saturated rings. The van der Waals surface area contributed by atoms with E-state index in [1.165, 1.54) is 0 Å². The number of urea groups is 1. The van der Waals surface area contributed by atoms with E-state index in [0.29, 0.717) is 11.7 Å². The summed E-state index contributed by atoms with van der Waals surface area (Å²) >= 11 is 0. The van der Waals surface area contributed by atoms with Gasteiger partial charge in [-0.25, -0.2) is 9.78 Å². The van der Waals surface area contributed by atoms with E-state index in [1.54, 1.807) is 6.20 Å². The molecule has 1 aromatic heterocycles. The zero-order valence-electron chi connectivity index (χ0n) is 13.1. The maximum absolute atomic E-state index is 12.3. The van der Waals surface area contributed by atoms with Crippen LogP contribution in [-0.4, -0.2) is 66.8 Å². The van der Waals surface area contributed by atoms with Gasteiger partial charge >= 0.3 is 6.03 Å². The van der Waals surface area contributed by atoms with Crippen LogP contribution < -0.4 is 5.32 Å². The lowest BCUT2D eigenvalue weighted by Crippen LogP contribution is -2.40. The maximum Gasteiger partial charge on any atom is 0.323 e. The minimum atomic E-state index is -0.0409. The Bertz CT molecular complexity index is 499. The molecule has 22 heavy (non-hydrogen) atoms. The molecular formula is C16H24N4O2. The second kappa shape index (κ2) is 7.07. The van der Waals surface area contributed by atoms with Crippen molar-refractivity contribution in [3.63, 3.8) is 0 Å². The predicted octanol–water partition coefficient (Wildman–Crippen LogP) is 1.58. The summed E-state index contributed by atoms with van der Waals surface area (Å²) < 4.78 is 5.38. The van der Waals surface area contributed by atoms with Crippen LogP contribution >= 0.6 is 0 Å². The number of aromatic nitrogens is 1. The fraction of sp³-hybridized carbons (Fsp3) is 0.625. The molecule has 3 heterocycles. The SMILES string of the molecule is Cc1ccc(NC(=O)N2CC[C@@H](CN3CCOCC3)C2)nc1. The molecule has 0 radical (unpaired) electrons. The highest BCUT2D eigenvalue weighted by Gasteiger charge is 2.28. The van der Waals surface area contributed by atoms with E-state index in [4.69, 9.17) is 4.74 Å². The lowest BCUT2D eigenvalue weighted by Gasteiger charge is -2.29. The summed E-state index contributed by atoms with van der Waals surface area (Å²) in [6.07, 6.45) is 2.84. The molecule has 0 spiro atoms. The molecule has 3 rings (SSSR count). The average molecular weight is 304 g/mol. The topological polar surface area (TPSA) is 57.7 Å². The standard InChI is InChI=1S/C16H24N4O2/c1-13-2-3-15(17-10-13)18-16(21)20-5-4-14(12-20)11-19-6-8-22-9-7-19/h2-3,10,14H,4-9,11-12H2,1H3,(H,17,18,21)/t14-/m0/s1. The fourth-order valence-electron chi connectivity index (χ4n) is 3.05. The van der Waals surface area contributed by atoms with E-state index in [1.807, 2.05) is 24.0 Å². The summed E-state index contributed by atoms with van der Waals surface area (Å²) in [5.74, 6) is 1.18. The number of nitrogens with one attached hydrogen (secondary N) is 1. The van der Waals surface area contributed by atoms with Crippen molar-refractivity contribution in [2.45, 2.75) is 13.3 Å². The molecule has 0 aromatic carbocycles. The molecule has 2 amide bonds. The van der Waals surface area contributed by atoms with Gasteiger partial charge in [0.1, 0.15) is 5.82 Å². The fourth-order valence-corrected chi connectivity index (χ4v) is 3.05. The lowest BCUT2D eigenvalue weighted by atomic mass is 10.1. The predicted molar refractivity (Wildman–Crippen MR) is 84.9 cm³/mol. The number of ether oxygens (including phenoxy) is 1. The molecule has 1 aromatic rings. The number of morpholine rings is 1. The van der Waals surface area contributed by atoms with Crippen LogP contribution in [0.3, 0.4) is 0 Å². The van der Waals surface area contributed by atoms with Gasteiger partial charge in [0.05, 0.1) is 13.2 Å². The molecule has 0 aliphatic carbocycles. The second-order valence-electron chi connectivity index (χ2n) is 6.16. The van der Waals surface area contributed by atoms with E-state index < -0.39 is 0 Å². The molecule has 6 heteroatoms. The number of nitrogens with zero attached hydrogens (tertiary/aromatic N) is 3. The molecule has 0 unspecified atom stereocenters. The van der Waals surface area contributed by atoms with Gasteiger partial charge in [0.15, 0.2) is 0 Å². The minimum absolute atomic E-state index is 0.0409. The Morgan fingerprint density at radius 3 is 2.91 bits per heavy atom. The number of carbonyl (C=O) groups is 1. The normalized spacial score (nSPS) is 22.8. The van der Waals surface area contributed by atoms with Gasteiger partial charge in [0.25, 0.3) is 0 Å². The van der Waals surface area contributed by atoms with Crippen LogP contribution in [0.2, 0.25) is 0 Å². The molecule has 6 nitrogen and oxygen atoms in total. The first-order chi connectivity index (χ1) is 10.7. The smallest absolute Gasteiger partial charge is 0.323 e. The van der Waals surface area contributed by atoms with Crippen molar-refractivity contribution in [3.8, 4) is 0 Å². The van der Waals surface area contributed by atoms with Crippen molar-refractivity contribution < 1.29 is 9.53 Å². The first kappa shape index (κ1) is 15.2. The Balaban J connectivity index is 1.47. The van der Waals surface area contributed by atoms with Gasteiger partial charge in [-0.05, 0) is 30.9 Å². The number of carbonyl (C=O) groups excluding carboxylic acids is 1. The summed E-state index contributed by atoms with van der Waals surface area (Å²) in [4.78, 5) is 20.8. The second-order valence-corrected chi connectivity index (χ2v) is 6.16. The van der Waals surface area contributed by atoms with Gasteiger partial charge < -0.3 is 9.64 Å². The van der Waals surface area contributed by atoms with Crippen LogP contribution in [-0.2, 0) is 4.74 Å². The van der Waals surface area contributed by atoms with E-state index in [-0.39, 0.29) is 6.03 Å². The van der Waals surface area contributed by atoms with Crippen molar-refractivity contribution in [3.05, 3.63) is 23.9 Å². The number of hydrogen-bond donors (Lipinski definition) is 1. The maximum atomic E-state index is 12.3. The number of likely N-dealkylation sites (tertiary alicyclic amines) is 1. The number of pyridine rings is 1. The first-order valence-corrected chi connectivity index (χ1v) is 7.99. The Hall–Kier alpha value is -1.66. The summed E-state index contributed by atoms with van der Waals surface area (Å²) in [7, 11) is 0. The van der Waals surface area contributed by atoms with Crippen LogP contribution in [0.25, 0.3) is 0 Å². The highest BCUT2D eigenvalue weighted by Crippen LogP contribution is 2.19. The number of anilines is 1. The molecule has 0 saturated carbocycles. The monoisotopic (exact) mass is 304 g/mol. The van der Waals surface area contributed by atoms with Gasteiger partial charge in [0, 0.05) is 38.9 Å². The summed E-state index contributed by atoms with van der Waals surface area (Å²) in [5.41, 5.74) is 1.09. The Morgan fingerprint density at radius 2 is 2.18 bits per heavy atom. The summed E-state index contributed by atoms with van der Waals surface area (Å²) in [6, 6.07) is 3.75.